The van der Waals surface area contributed by atoms with Gasteiger partial charge in [-0.2, -0.15) is 0 Å². The Kier molecular flexibility index (Phi) is 4.14. The van der Waals surface area contributed by atoms with Gasteiger partial charge in [-0.05, 0) is 12.8 Å². The molecule has 2 heterocycles. The number of likely N-dealkylation sites (tertiary alicyclic amines) is 1. The predicted octanol–water partition coefficient (Wildman–Crippen LogP) is 1.15. The number of hydrogen-bond donors (Lipinski definition) is 2. The average molecular weight is 269 g/mol. The van der Waals surface area contributed by atoms with E-state index >= 15 is 0 Å². The molecule has 0 aliphatic carbocycles. The van der Waals surface area contributed by atoms with Crippen molar-refractivity contribution in [3.8, 4) is 0 Å². The Morgan fingerprint density at radius 1 is 1.61 bits per heavy atom. The van der Waals surface area contributed by atoms with Gasteiger partial charge < -0.3 is 15.3 Å². The molecule has 98 valence electrons. The molecule has 2 amide bonds. The van der Waals surface area contributed by atoms with Crippen molar-refractivity contribution in [2.24, 2.45) is 5.92 Å². The summed E-state index contributed by atoms with van der Waals surface area (Å²) >= 11 is 1.48. The third-order valence-electron chi connectivity index (χ3n) is 2.96. The van der Waals surface area contributed by atoms with Crippen LogP contribution in [0.4, 0.5) is 4.79 Å². The number of piperidine rings is 1. The van der Waals surface area contributed by atoms with Crippen molar-refractivity contribution in [3.05, 3.63) is 16.6 Å². The van der Waals surface area contributed by atoms with E-state index in [0.29, 0.717) is 19.5 Å². The van der Waals surface area contributed by atoms with Gasteiger partial charge in [0.1, 0.15) is 0 Å². The lowest BCUT2D eigenvalue weighted by atomic mass is 9.99. The van der Waals surface area contributed by atoms with Crippen molar-refractivity contribution >= 4 is 23.3 Å². The van der Waals surface area contributed by atoms with Crippen LogP contribution >= 0.6 is 11.3 Å². The van der Waals surface area contributed by atoms with Gasteiger partial charge >= 0.3 is 12.0 Å². The number of carbonyl (C=O) groups is 2. The molecule has 0 spiro atoms. The number of carboxylic acid groups (broad SMARTS) is 1. The fraction of sp³-hybridized carbons (Fsp3) is 0.545. The highest BCUT2D eigenvalue weighted by atomic mass is 32.1. The summed E-state index contributed by atoms with van der Waals surface area (Å²) in [6.45, 7) is 1.29. The maximum Gasteiger partial charge on any atom is 0.317 e. The van der Waals surface area contributed by atoms with Crippen LogP contribution in [0.15, 0.2) is 10.9 Å². The van der Waals surface area contributed by atoms with E-state index in [0.717, 1.165) is 12.1 Å². The minimum Gasteiger partial charge on any atom is -0.481 e. The zero-order chi connectivity index (χ0) is 13.0. The number of carboxylic acids is 1. The molecule has 0 bridgehead atoms. The topological polar surface area (TPSA) is 82.5 Å². The van der Waals surface area contributed by atoms with Gasteiger partial charge in [0.2, 0.25) is 0 Å². The number of nitrogens with zero attached hydrogens (tertiary/aromatic N) is 2. The quantitative estimate of drug-likeness (QED) is 0.862. The van der Waals surface area contributed by atoms with Crippen LogP contribution in [0.3, 0.4) is 0 Å². The highest BCUT2D eigenvalue weighted by Gasteiger charge is 2.27. The number of nitrogens with one attached hydrogen (secondary N) is 1. The summed E-state index contributed by atoms with van der Waals surface area (Å²) in [5, 5.41) is 13.6. The Balaban J connectivity index is 1.83. The second kappa shape index (κ2) is 5.81. The molecule has 1 unspecified atom stereocenters. The molecule has 1 aliphatic rings. The molecule has 0 aromatic carbocycles. The first-order valence-corrected chi connectivity index (χ1v) is 6.73. The summed E-state index contributed by atoms with van der Waals surface area (Å²) < 4.78 is 0. The Morgan fingerprint density at radius 2 is 2.44 bits per heavy atom. The summed E-state index contributed by atoms with van der Waals surface area (Å²) in [7, 11) is 0. The van der Waals surface area contributed by atoms with Crippen LogP contribution in [0.1, 0.15) is 18.5 Å². The van der Waals surface area contributed by atoms with Gasteiger partial charge in [0.25, 0.3) is 0 Å². The molecule has 1 aliphatic heterocycles. The van der Waals surface area contributed by atoms with Crippen LogP contribution in [0.5, 0.6) is 0 Å². The SMILES string of the molecule is O=C(O)C1CCCN(C(=O)NCc2cscn2)C1. The third kappa shape index (κ3) is 3.19. The van der Waals surface area contributed by atoms with E-state index in [1.165, 1.54) is 11.3 Å². The number of rotatable bonds is 3. The average Bonchev–Trinajstić information content (AvgIpc) is 2.89. The van der Waals surface area contributed by atoms with E-state index in [2.05, 4.69) is 10.3 Å². The molecular formula is C11H15N3O3S. The number of aliphatic carboxylic acids is 1. The fourth-order valence-corrected chi connectivity index (χ4v) is 2.52. The lowest BCUT2D eigenvalue weighted by molar-refractivity contribution is -0.143. The number of thiazole rings is 1. The molecule has 1 aromatic rings. The zero-order valence-corrected chi connectivity index (χ0v) is 10.7. The summed E-state index contributed by atoms with van der Waals surface area (Å²) in [6, 6.07) is -0.214. The van der Waals surface area contributed by atoms with Gasteiger partial charge in [-0.15, -0.1) is 11.3 Å². The molecule has 1 atom stereocenters. The first-order valence-electron chi connectivity index (χ1n) is 5.79. The van der Waals surface area contributed by atoms with E-state index < -0.39 is 11.9 Å². The lowest BCUT2D eigenvalue weighted by Crippen LogP contribution is -2.46. The van der Waals surface area contributed by atoms with Crippen LogP contribution in [-0.2, 0) is 11.3 Å². The van der Waals surface area contributed by atoms with E-state index in [1.807, 2.05) is 5.38 Å². The minimum absolute atomic E-state index is 0.214. The number of aromatic nitrogens is 1. The molecule has 1 saturated heterocycles. The maximum atomic E-state index is 11.9. The largest absolute Gasteiger partial charge is 0.481 e. The number of hydrogen-bond acceptors (Lipinski definition) is 4. The normalized spacial score (nSPS) is 19.6. The molecule has 1 aromatic heterocycles. The van der Waals surface area contributed by atoms with Crippen LogP contribution in [0, 0.1) is 5.92 Å². The first kappa shape index (κ1) is 12.8. The van der Waals surface area contributed by atoms with Crippen molar-refractivity contribution in [2.45, 2.75) is 19.4 Å². The van der Waals surface area contributed by atoms with Crippen LogP contribution in [-0.4, -0.2) is 40.1 Å². The number of carbonyl (C=O) groups excluding carboxylic acids is 1. The second-order valence-electron chi connectivity index (χ2n) is 4.26. The Hall–Kier alpha value is -1.63. The van der Waals surface area contributed by atoms with Gasteiger partial charge in [-0.1, -0.05) is 0 Å². The summed E-state index contributed by atoms with van der Waals surface area (Å²) in [5.74, 6) is -1.27. The minimum atomic E-state index is -0.827. The smallest absolute Gasteiger partial charge is 0.317 e. The van der Waals surface area contributed by atoms with Gasteiger partial charge in [0.15, 0.2) is 0 Å². The Morgan fingerprint density at radius 3 is 3.11 bits per heavy atom. The molecule has 6 nitrogen and oxygen atoms in total. The lowest BCUT2D eigenvalue weighted by Gasteiger charge is -2.30. The molecule has 2 N–H and O–H groups in total. The van der Waals surface area contributed by atoms with Crippen LogP contribution in [0.2, 0.25) is 0 Å². The van der Waals surface area contributed by atoms with E-state index in [1.54, 1.807) is 10.4 Å². The maximum absolute atomic E-state index is 11.9. The van der Waals surface area contributed by atoms with E-state index in [4.69, 9.17) is 5.11 Å². The van der Waals surface area contributed by atoms with Gasteiger partial charge in [0.05, 0.1) is 23.7 Å². The Bertz CT molecular complexity index is 421. The number of amides is 2. The van der Waals surface area contributed by atoms with Gasteiger partial charge in [-0.3, -0.25) is 4.79 Å². The standard InChI is InChI=1S/C11H15N3O3S/c15-10(16)8-2-1-3-14(5-8)11(17)12-4-9-6-18-7-13-9/h6-8H,1-5H2,(H,12,17)(H,15,16). The molecule has 7 heteroatoms. The van der Waals surface area contributed by atoms with Gasteiger partial charge in [-0.25, -0.2) is 9.78 Å². The predicted molar refractivity (Wildman–Crippen MR) is 66.3 cm³/mol. The molecular weight excluding hydrogens is 254 g/mol. The summed E-state index contributed by atoms with van der Waals surface area (Å²) in [4.78, 5) is 28.4. The van der Waals surface area contributed by atoms with Gasteiger partial charge in [0, 0.05) is 18.5 Å². The van der Waals surface area contributed by atoms with Crippen molar-refractivity contribution < 1.29 is 14.7 Å². The van der Waals surface area contributed by atoms with Crippen molar-refractivity contribution in [2.75, 3.05) is 13.1 Å². The number of urea groups is 1. The zero-order valence-electron chi connectivity index (χ0n) is 9.83. The first-order chi connectivity index (χ1) is 8.66. The van der Waals surface area contributed by atoms with E-state index in [-0.39, 0.29) is 12.6 Å². The van der Waals surface area contributed by atoms with E-state index in [9.17, 15) is 9.59 Å². The van der Waals surface area contributed by atoms with Crippen LogP contribution in [0.25, 0.3) is 0 Å². The molecule has 1 fully saturated rings. The highest BCUT2D eigenvalue weighted by molar-refractivity contribution is 7.07. The Labute approximate surface area is 109 Å². The van der Waals surface area contributed by atoms with Crippen molar-refractivity contribution in [3.63, 3.8) is 0 Å². The molecule has 2 rings (SSSR count). The van der Waals surface area contributed by atoms with Crippen LogP contribution < -0.4 is 5.32 Å². The molecule has 0 saturated carbocycles. The van der Waals surface area contributed by atoms with Crippen molar-refractivity contribution in [1.29, 1.82) is 0 Å². The second-order valence-corrected chi connectivity index (χ2v) is 4.98. The summed E-state index contributed by atoms with van der Waals surface area (Å²) in [6.07, 6.45) is 1.38. The third-order valence-corrected chi connectivity index (χ3v) is 3.60. The molecule has 18 heavy (non-hydrogen) atoms. The monoisotopic (exact) mass is 269 g/mol. The fourth-order valence-electron chi connectivity index (χ4n) is 1.97. The van der Waals surface area contributed by atoms with Crippen molar-refractivity contribution in [1.82, 2.24) is 15.2 Å². The highest BCUT2D eigenvalue weighted by Crippen LogP contribution is 2.16. The summed E-state index contributed by atoms with van der Waals surface area (Å²) in [5.41, 5.74) is 2.53. The molecule has 0 radical (unpaired) electrons.